The van der Waals surface area contributed by atoms with Crippen molar-refractivity contribution in [3.05, 3.63) is 229 Å². The summed E-state index contributed by atoms with van der Waals surface area (Å²) in [4.78, 5) is 25.4. The van der Waals surface area contributed by atoms with Gasteiger partial charge in [-0.3, -0.25) is 4.98 Å². The molecule has 0 N–H and O–H groups in total. The Morgan fingerprint density at radius 3 is 1.71 bits per heavy atom. The summed E-state index contributed by atoms with van der Waals surface area (Å²) in [6, 6.07) is 70.1. The van der Waals surface area contributed by atoms with Crippen molar-refractivity contribution in [2.75, 3.05) is 0 Å². The van der Waals surface area contributed by atoms with Crippen molar-refractivity contribution in [2.24, 2.45) is 0 Å². The lowest BCUT2D eigenvalue weighted by molar-refractivity contribution is 0.834. The maximum atomic E-state index is 5.20. The summed E-state index contributed by atoms with van der Waals surface area (Å²) in [5.41, 5.74) is 16.0. The highest BCUT2D eigenvalue weighted by Crippen LogP contribution is 2.64. The molecular formula is C58H39N5. The summed E-state index contributed by atoms with van der Waals surface area (Å²) in [5.74, 6) is 2.34. The summed E-state index contributed by atoms with van der Waals surface area (Å²) in [7, 11) is 0. The maximum Gasteiger partial charge on any atom is 0.164 e. The maximum absolute atomic E-state index is 5.20. The van der Waals surface area contributed by atoms with E-state index in [9.17, 15) is 0 Å². The topological polar surface area (TPSA) is 64.5 Å². The second-order valence-corrected chi connectivity index (χ2v) is 16.6. The minimum Gasteiger partial charge on any atom is -0.256 e. The van der Waals surface area contributed by atoms with Crippen LogP contribution < -0.4 is 0 Å². The minimum atomic E-state index is 0.0554. The average Bonchev–Trinajstić information content (AvgIpc) is 4.14. The Balaban J connectivity index is 0.964. The van der Waals surface area contributed by atoms with Gasteiger partial charge in [0.2, 0.25) is 0 Å². The molecule has 3 aromatic heterocycles. The van der Waals surface area contributed by atoms with E-state index in [0.29, 0.717) is 23.4 Å². The monoisotopic (exact) mass is 805 g/mol. The molecule has 2 unspecified atom stereocenters. The predicted molar refractivity (Wildman–Crippen MR) is 255 cm³/mol. The molecular weight excluding hydrogens is 767 g/mol. The third kappa shape index (κ3) is 6.81. The van der Waals surface area contributed by atoms with Gasteiger partial charge in [0.05, 0.1) is 16.9 Å². The molecule has 1 saturated carbocycles. The van der Waals surface area contributed by atoms with Crippen LogP contribution in [0.1, 0.15) is 29.0 Å². The van der Waals surface area contributed by atoms with Gasteiger partial charge in [-0.2, -0.15) is 0 Å². The van der Waals surface area contributed by atoms with Crippen LogP contribution in [0.25, 0.3) is 95.9 Å². The normalized spacial score (nSPS) is 16.0. The van der Waals surface area contributed by atoms with Crippen molar-refractivity contribution in [3.63, 3.8) is 0 Å². The van der Waals surface area contributed by atoms with Crippen LogP contribution in [0, 0.1) is 0 Å². The molecule has 296 valence electrons. The summed E-state index contributed by atoms with van der Waals surface area (Å²) in [6.07, 6.45) is 7.79. The fourth-order valence-corrected chi connectivity index (χ4v) is 9.26. The first-order valence-electron chi connectivity index (χ1n) is 21.5. The molecule has 2 aliphatic carbocycles. The molecule has 2 atom stereocenters. The summed E-state index contributed by atoms with van der Waals surface area (Å²) in [5, 5.41) is 1.11. The number of hydrogen-bond acceptors (Lipinski definition) is 5. The van der Waals surface area contributed by atoms with E-state index in [0.717, 1.165) is 78.8 Å². The second kappa shape index (κ2) is 15.1. The van der Waals surface area contributed by atoms with Crippen LogP contribution in [-0.4, -0.2) is 24.9 Å². The van der Waals surface area contributed by atoms with E-state index in [1.54, 1.807) is 0 Å². The first-order valence-corrected chi connectivity index (χ1v) is 21.5. The molecule has 0 amide bonds. The van der Waals surface area contributed by atoms with Crippen molar-refractivity contribution in [1.82, 2.24) is 24.9 Å². The molecule has 2 aliphatic rings. The van der Waals surface area contributed by atoms with Crippen LogP contribution >= 0.6 is 0 Å². The van der Waals surface area contributed by atoms with Gasteiger partial charge in [-0.05, 0) is 93.7 Å². The van der Waals surface area contributed by atoms with Crippen LogP contribution in [0.15, 0.2) is 212 Å². The van der Waals surface area contributed by atoms with Crippen LogP contribution in [-0.2, 0) is 5.41 Å². The van der Waals surface area contributed by atoms with Gasteiger partial charge in [0, 0.05) is 44.8 Å². The van der Waals surface area contributed by atoms with Gasteiger partial charge in [-0.15, -0.1) is 0 Å². The molecule has 0 aliphatic heterocycles. The SMILES string of the molecule is C1=CC2(c3ccc(-c4cc(-c5ccc(-c6ccc7ccccc7n6)cn5)cc(-c5nc(-c6ccccc6)nc(-c6ccc(-c7ccccc7)cc6)n5)c4)cc3)CC2c2ccccc21. The van der Waals surface area contributed by atoms with Gasteiger partial charge in [0.1, 0.15) is 0 Å². The minimum absolute atomic E-state index is 0.0554. The van der Waals surface area contributed by atoms with Gasteiger partial charge < -0.3 is 0 Å². The van der Waals surface area contributed by atoms with E-state index < -0.39 is 0 Å². The predicted octanol–water partition coefficient (Wildman–Crippen LogP) is 13.9. The van der Waals surface area contributed by atoms with Crippen molar-refractivity contribution in [3.8, 4) is 78.9 Å². The zero-order valence-electron chi connectivity index (χ0n) is 34.3. The molecule has 10 aromatic rings. The Morgan fingerprint density at radius 1 is 0.397 bits per heavy atom. The first-order chi connectivity index (χ1) is 31.1. The molecule has 0 bridgehead atoms. The van der Waals surface area contributed by atoms with Crippen LogP contribution in [0.5, 0.6) is 0 Å². The summed E-state index contributed by atoms with van der Waals surface area (Å²) < 4.78 is 0. The number of rotatable bonds is 8. The number of pyridine rings is 2. The largest absolute Gasteiger partial charge is 0.256 e. The number of fused-ring (bicyclic) bond motifs is 4. The first kappa shape index (κ1) is 36.7. The van der Waals surface area contributed by atoms with Crippen LogP contribution in [0.3, 0.4) is 0 Å². The van der Waals surface area contributed by atoms with Crippen molar-refractivity contribution in [2.45, 2.75) is 17.8 Å². The van der Waals surface area contributed by atoms with Crippen LogP contribution in [0.4, 0.5) is 0 Å². The van der Waals surface area contributed by atoms with E-state index in [1.807, 2.05) is 60.8 Å². The number of benzene rings is 7. The quantitative estimate of drug-likeness (QED) is 0.153. The van der Waals surface area contributed by atoms with Gasteiger partial charge in [0.15, 0.2) is 17.5 Å². The number of para-hydroxylation sites is 1. The van der Waals surface area contributed by atoms with Gasteiger partial charge in [-0.25, -0.2) is 19.9 Å². The highest BCUT2D eigenvalue weighted by atomic mass is 15.0. The summed E-state index contributed by atoms with van der Waals surface area (Å²) >= 11 is 0. The third-order valence-corrected chi connectivity index (χ3v) is 12.8. The molecule has 12 rings (SSSR count). The fraction of sp³-hybridized carbons (Fsp3) is 0.0517. The lowest BCUT2D eigenvalue weighted by Crippen LogP contribution is -2.09. The van der Waals surface area contributed by atoms with Crippen molar-refractivity contribution in [1.29, 1.82) is 0 Å². The number of nitrogens with zero attached hydrogens (tertiary/aromatic N) is 5. The Kier molecular flexibility index (Phi) is 8.78. The lowest BCUT2D eigenvalue weighted by atomic mass is 9.84. The lowest BCUT2D eigenvalue weighted by Gasteiger charge is -2.20. The molecule has 0 spiro atoms. The van der Waals surface area contributed by atoms with Gasteiger partial charge in [0.25, 0.3) is 0 Å². The van der Waals surface area contributed by atoms with E-state index in [2.05, 4.69) is 158 Å². The number of aromatic nitrogens is 5. The highest BCUT2D eigenvalue weighted by Gasteiger charge is 2.55. The molecule has 0 saturated heterocycles. The van der Waals surface area contributed by atoms with E-state index in [4.69, 9.17) is 24.9 Å². The molecule has 3 heterocycles. The van der Waals surface area contributed by atoms with E-state index >= 15 is 0 Å². The van der Waals surface area contributed by atoms with Gasteiger partial charge in [-0.1, -0.05) is 170 Å². The Bertz CT molecular complexity index is 3340. The highest BCUT2D eigenvalue weighted by molar-refractivity contribution is 5.83. The van der Waals surface area contributed by atoms with Crippen molar-refractivity contribution >= 4 is 17.0 Å². The summed E-state index contributed by atoms with van der Waals surface area (Å²) in [6.45, 7) is 0. The fourth-order valence-electron chi connectivity index (χ4n) is 9.26. The molecule has 7 aromatic carbocycles. The molecule has 5 heteroatoms. The zero-order chi connectivity index (χ0) is 41.7. The van der Waals surface area contributed by atoms with E-state index in [-0.39, 0.29) is 5.41 Å². The zero-order valence-corrected chi connectivity index (χ0v) is 34.3. The molecule has 1 fully saturated rings. The van der Waals surface area contributed by atoms with Crippen LogP contribution in [0.2, 0.25) is 0 Å². The Hall–Kier alpha value is -8.15. The number of hydrogen-bond donors (Lipinski definition) is 0. The average molecular weight is 806 g/mol. The number of allylic oxidation sites excluding steroid dienone is 1. The van der Waals surface area contributed by atoms with E-state index in [1.165, 1.54) is 16.7 Å². The van der Waals surface area contributed by atoms with Gasteiger partial charge >= 0.3 is 0 Å². The second-order valence-electron chi connectivity index (χ2n) is 16.6. The Morgan fingerprint density at radius 2 is 0.952 bits per heavy atom. The van der Waals surface area contributed by atoms with Crippen molar-refractivity contribution < 1.29 is 0 Å². The molecule has 5 nitrogen and oxygen atoms in total. The standard InChI is InChI=1S/C58H39N5/c1-3-11-38(12-4-1)39-19-21-44(22-20-39)56-61-55(43-15-5-2-6-16-43)62-57(63-56)48-34-46(40-23-27-49(28-24-40)58-32-31-41-13-7-9-17-50(41)51(58)36-58)33-47(35-48)52-29-26-45(37-59-52)54-30-25-42-14-8-10-18-53(42)60-54/h1-35,37,51H,36H2. The third-order valence-electron chi connectivity index (χ3n) is 12.8. The Labute approximate surface area is 366 Å². The molecule has 0 radical (unpaired) electrons. The smallest absolute Gasteiger partial charge is 0.164 e. The molecule has 63 heavy (non-hydrogen) atoms.